The summed E-state index contributed by atoms with van der Waals surface area (Å²) in [7, 11) is 0. The van der Waals surface area contributed by atoms with E-state index in [-0.39, 0.29) is 5.91 Å². The fourth-order valence-corrected chi connectivity index (χ4v) is 4.74. The van der Waals surface area contributed by atoms with Gasteiger partial charge in [0.25, 0.3) is 0 Å². The number of rotatable bonds is 16. The predicted octanol–water partition coefficient (Wildman–Crippen LogP) is 6.70. The molecule has 0 radical (unpaired) electrons. The van der Waals surface area contributed by atoms with Crippen LogP contribution in [0.1, 0.15) is 49.1 Å². The fraction of sp³-hybridized carbons (Fsp3) is 0.333. The molecule has 0 atom stereocenters. The van der Waals surface area contributed by atoms with Gasteiger partial charge in [0.2, 0.25) is 5.91 Å². The van der Waals surface area contributed by atoms with Gasteiger partial charge in [0.15, 0.2) is 0 Å². The van der Waals surface area contributed by atoms with Crippen molar-refractivity contribution in [3.8, 4) is 5.75 Å². The zero-order valence-corrected chi connectivity index (χ0v) is 22.3. The molecule has 5 nitrogen and oxygen atoms in total. The number of unbranched alkanes of at least 4 members (excludes halogenated alkanes) is 2. The minimum Gasteiger partial charge on any atom is -0.493 e. The second-order valence-corrected chi connectivity index (χ2v) is 9.62. The maximum atomic E-state index is 12.1. The zero-order chi connectivity index (χ0) is 26.4. The Morgan fingerprint density at radius 2 is 1.68 bits per heavy atom. The van der Waals surface area contributed by atoms with Crippen LogP contribution in [0.4, 0.5) is 0 Å². The lowest BCUT2D eigenvalue weighted by atomic mass is 10.1. The highest BCUT2D eigenvalue weighted by Crippen LogP contribution is 2.21. The number of nitrogens with one attached hydrogen (secondary N) is 1. The first-order valence-corrected chi connectivity index (χ1v) is 13.8. The van der Waals surface area contributed by atoms with Crippen molar-refractivity contribution in [1.82, 2.24) is 14.9 Å². The number of aromatic nitrogens is 2. The largest absolute Gasteiger partial charge is 0.493 e. The topological polar surface area (TPSA) is 56.1 Å². The van der Waals surface area contributed by atoms with E-state index in [2.05, 4.69) is 52.9 Å². The highest BCUT2D eigenvalue weighted by Gasteiger charge is 2.11. The number of hydrogen-bond donors (Lipinski definition) is 1. The number of benzene rings is 3. The Morgan fingerprint density at radius 3 is 2.55 bits per heavy atom. The number of ether oxygens (including phenoxy) is 1. The molecule has 0 fully saturated rings. The van der Waals surface area contributed by atoms with Crippen LogP contribution in [0.3, 0.4) is 0 Å². The molecule has 0 aliphatic heterocycles. The summed E-state index contributed by atoms with van der Waals surface area (Å²) in [6, 6.07) is 26.7. The van der Waals surface area contributed by atoms with Crippen LogP contribution in [0.5, 0.6) is 5.75 Å². The molecule has 4 aromatic rings. The minimum absolute atomic E-state index is 0.130. The van der Waals surface area contributed by atoms with E-state index < -0.39 is 0 Å². The molecule has 4 rings (SSSR count). The summed E-state index contributed by atoms with van der Waals surface area (Å²) in [6.45, 7) is 6.11. The number of allylic oxidation sites excluding steroid dienone is 1. The Labute approximate surface area is 226 Å². The quantitative estimate of drug-likeness (QED) is 0.135. The Hall–Kier alpha value is -3.86. The molecule has 3 aromatic carbocycles. The molecule has 0 spiro atoms. The average Bonchev–Trinajstić information content (AvgIpc) is 3.30. The second kappa shape index (κ2) is 14.8. The van der Waals surface area contributed by atoms with Gasteiger partial charge in [0.05, 0.1) is 17.6 Å². The van der Waals surface area contributed by atoms with E-state index in [0.29, 0.717) is 13.0 Å². The van der Waals surface area contributed by atoms with Crippen LogP contribution in [-0.2, 0) is 30.6 Å². The van der Waals surface area contributed by atoms with Gasteiger partial charge in [-0.05, 0) is 61.4 Å². The van der Waals surface area contributed by atoms with Crippen LogP contribution in [0.25, 0.3) is 11.0 Å². The van der Waals surface area contributed by atoms with Crippen LogP contribution in [0.2, 0.25) is 0 Å². The fourth-order valence-electron chi connectivity index (χ4n) is 4.74. The molecule has 0 aliphatic carbocycles. The molecule has 1 aromatic heterocycles. The lowest BCUT2D eigenvalue weighted by Gasteiger charge is -2.12. The van der Waals surface area contributed by atoms with Crippen LogP contribution in [0.15, 0.2) is 91.5 Å². The lowest BCUT2D eigenvalue weighted by molar-refractivity contribution is -0.121. The number of para-hydroxylation sites is 3. The molecule has 1 heterocycles. The van der Waals surface area contributed by atoms with Crippen LogP contribution >= 0.6 is 0 Å². The lowest BCUT2D eigenvalue weighted by Crippen LogP contribution is -2.24. The van der Waals surface area contributed by atoms with Gasteiger partial charge in [0.1, 0.15) is 11.6 Å². The molecule has 0 aliphatic rings. The summed E-state index contributed by atoms with van der Waals surface area (Å²) in [5.41, 5.74) is 4.60. The molecule has 0 saturated heterocycles. The molecular formula is C33H39N3O2. The number of amides is 1. The van der Waals surface area contributed by atoms with Crippen LogP contribution in [-0.4, -0.2) is 28.6 Å². The summed E-state index contributed by atoms with van der Waals surface area (Å²) in [5.74, 6) is 2.20. The maximum Gasteiger partial charge on any atom is 0.220 e. The van der Waals surface area contributed by atoms with Gasteiger partial charge in [0, 0.05) is 25.9 Å². The van der Waals surface area contributed by atoms with E-state index >= 15 is 0 Å². The van der Waals surface area contributed by atoms with E-state index in [1.807, 2.05) is 48.5 Å². The molecule has 1 amide bonds. The zero-order valence-electron chi connectivity index (χ0n) is 22.3. The summed E-state index contributed by atoms with van der Waals surface area (Å²) in [4.78, 5) is 17.1. The molecule has 1 N–H and O–H groups in total. The van der Waals surface area contributed by atoms with E-state index in [9.17, 15) is 4.79 Å². The molecule has 0 saturated carbocycles. The normalized spacial score (nSPS) is 10.9. The first-order valence-electron chi connectivity index (χ1n) is 13.8. The van der Waals surface area contributed by atoms with E-state index in [4.69, 9.17) is 9.72 Å². The molecule has 0 bridgehead atoms. The Bertz CT molecular complexity index is 1300. The Kier molecular flexibility index (Phi) is 10.6. The van der Waals surface area contributed by atoms with E-state index in [1.165, 1.54) is 16.6 Å². The first kappa shape index (κ1) is 27.2. The van der Waals surface area contributed by atoms with Crippen molar-refractivity contribution in [3.63, 3.8) is 0 Å². The molecule has 0 unspecified atom stereocenters. The summed E-state index contributed by atoms with van der Waals surface area (Å²) >= 11 is 0. The van der Waals surface area contributed by atoms with Crippen molar-refractivity contribution in [2.45, 2.75) is 57.9 Å². The second-order valence-electron chi connectivity index (χ2n) is 9.62. The Morgan fingerprint density at radius 1 is 0.895 bits per heavy atom. The Balaban J connectivity index is 1.20. The van der Waals surface area contributed by atoms with Crippen molar-refractivity contribution in [2.24, 2.45) is 0 Å². The smallest absolute Gasteiger partial charge is 0.220 e. The highest BCUT2D eigenvalue weighted by molar-refractivity contribution is 5.76. The summed E-state index contributed by atoms with van der Waals surface area (Å²) in [5, 5.41) is 3.06. The predicted molar refractivity (Wildman–Crippen MR) is 156 cm³/mol. The first-order chi connectivity index (χ1) is 18.7. The van der Waals surface area contributed by atoms with Crippen LogP contribution in [0, 0.1) is 0 Å². The number of nitrogens with zero attached hydrogens (tertiary/aromatic N) is 2. The van der Waals surface area contributed by atoms with Crippen LogP contribution < -0.4 is 10.1 Å². The average molecular weight is 510 g/mol. The van der Waals surface area contributed by atoms with Gasteiger partial charge in [-0.3, -0.25) is 4.79 Å². The molecule has 38 heavy (non-hydrogen) atoms. The molecule has 198 valence electrons. The van der Waals surface area contributed by atoms with Gasteiger partial charge in [-0.1, -0.05) is 73.2 Å². The van der Waals surface area contributed by atoms with Gasteiger partial charge in [-0.25, -0.2) is 4.98 Å². The number of fused-ring (bicyclic) bond motifs is 1. The number of hydrogen-bond acceptors (Lipinski definition) is 3. The van der Waals surface area contributed by atoms with Gasteiger partial charge >= 0.3 is 0 Å². The van der Waals surface area contributed by atoms with E-state index in [1.54, 1.807) is 0 Å². The highest BCUT2D eigenvalue weighted by atomic mass is 16.5. The number of carbonyl (C=O) groups is 1. The number of imidazole rings is 1. The van der Waals surface area contributed by atoms with Gasteiger partial charge in [-0.15, -0.1) is 6.58 Å². The standard InChI is InChI=1S/C33H39N3O2/c1-2-14-28-17-8-11-20-31(28)38-26-13-25-36-30-19-10-9-18-29(30)35-32(36)21-7-4-12-24-34-33(37)23-22-27-15-5-3-6-16-27/h2-3,5-6,8-11,15-20H,1,4,7,12-14,21-26H2,(H,34,37). The molecule has 5 heteroatoms. The van der Waals surface area contributed by atoms with Crippen molar-refractivity contribution in [2.75, 3.05) is 13.2 Å². The third-order valence-electron chi connectivity index (χ3n) is 6.74. The van der Waals surface area contributed by atoms with Crippen molar-refractivity contribution >= 4 is 16.9 Å². The van der Waals surface area contributed by atoms with Crippen molar-refractivity contribution < 1.29 is 9.53 Å². The summed E-state index contributed by atoms with van der Waals surface area (Å²) in [6.07, 6.45) is 8.97. The van der Waals surface area contributed by atoms with Gasteiger partial charge in [-0.2, -0.15) is 0 Å². The van der Waals surface area contributed by atoms with Gasteiger partial charge < -0.3 is 14.6 Å². The molecular weight excluding hydrogens is 470 g/mol. The third kappa shape index (κ3) is 8.07. The minimum atomic E-state index is 0.130. The third-order valence-corrected chi connectivity index (χ3v) is 6.74. The van der Waals surface area contributed by atoms with Crippen molar-refractivity contribution in [1.29, 1.82) is 0 Å². The SMILES string of the molecule is C=CCc1ccccc1OCCCn1c(CCCCCNC(=O)CCc2ccccc2)nc2ccccc21. The number of carbonyl (C=O) groups excluding carboxylic acids is 1. The maximum absolute atomic E-state index is 12.1. The number of aryl methyl sites for hydroxylation is 3. The van der Waals surface area contributed by atoms with Crippen molar-refractivity contribution in [3.05, 3.63) is 108 Å². The monoisotopic (exact) mass is 509 g/mol. The van der Waals surface area contributed by atoms with E-state index in [0.717, 1.165) is 75.1 Å². The summed E-state index contributed by atoms with van der Waals surface area (Å²) < 4.78 is 8.46.